The summed E-state index contributed by atoms with van der Waals surface area (Å²) in [5.41, 5.74) is -0.396. The van der Waals surface area contributed by atoms with Gasteiger partial charge in [0, 0.05) is 12.0 Å². The number of piperidine rings is 1. The predicted octanol–water partition coefficient (Wildman–Crippen LogP) is 4.11. The van der Waals surface area contributed by atoms with Gasteiger partial charge in [0.1, 0.15) is 0 Å². The van der Waals surface area contributed by atoms with Gasteiger partial charge in [-0.2, -0.15) is 18.2 Å². The van der Waals surface area contributed by atoms with Gasteiger partial charge in [-0.3, -0.25) is 0 Å². The predicted molar refractivity (Wildman–Crippen MR) is 85.9 cm³/mol. The van der Waals surface area contributed by atoms with Crippen molar-refractivity contribution in [3.05, 3.63) is 35.7 Å². The third-order valence-electron chi connectivity index (χ3n) is 4.14. The summed E-state index contributed by atoms with van der Waals surface area (Å²) in [5.74, 6) is 1.33. The Morgan fingerprint density at radius 1 is 1.21 bits per heavy atom. The molecule has 0 atom stereocenters. The van der Waals surface area contributed by atoms with E-state index in [9.17, 15) is 13.2 Å². The van der Waals surface area contributed by atoms with Crippen molar-refractivity contribution < 1.29 is 17.7 Å². The molecule has 1 aliphatic rings. The van der Waals surface area contributed by atoms with Crippen molar-refractivity contribution in [3.8, 4) is 11.4 Å². The van der Waals surface area contributed by atoms with Crippen molar-refractivity contribution in [2.24, 2.45) is 5.92 Å². The maximum atomic E-state index is 12.7. The minimum absolute atomic E-state index is 0. The van der Waals surface area contributed by atoms with Gasteiger partial charge in [0.15, 0.2) is 0 Å². The molecule has 1 N–H and O–H groups in total. The number of nitrogens with one attached hydrogen (secondary N) is 1. The van der Waals surface area contributed by atoms with Crippen LogP contribution in [0.15, 0.2) is 28.8 Å². The van der Waals surface area contributed by atoms with Crippen LogP contribution in [0.2, 0.25) is 0 Å². The van der Waals surface area contributed by atoms with Gasteiger partial charge in [-0.1, -0.05) is 17.3 Å². The van der Waals surface area contributed by atoms with Crippen LogP contribution >= 0.6 is 12.4 Å². The molecule has 8 heteroatoms. The van der Waals surface area contributed by atoms with Crippen molar-refractivity contribution in [2.75, 3.05) is 13.1 Å². The zero-order valence-electron chi connectivity index (χ0n) is 13.0. The number of benzene rings is 1. The van der Waals surface area contributed by atoms with Crippen molar-refractivity contribution in [2.45, 2.75) is 31.9 Å². The van der Waals surface area contributed by atoms with E-state index in [0.717, 1.165) is 44.5 Å². The number of aromatic nitrogens is 2. The van der Waals surface area contributed by atoms with E-state index in [1.807, 2.05) is 0 Å². The molecule has 0 spiro atoms. The Balaban J connectivity index is 0.00000208. The first kappa shape index (κ1) is 18.7. The van der Waals surface area contributed by atoms with E-state index in [0.29, 0.717) is 23.8 Å². The molecule has 0 aliphatic carbocycles. The van der Waals surface area contributed by atoms with Crippen LogP contribution in [-0.2, 0) is 12.6 Å². The molecule has 1 fully saturated rings. The molecule has 0 bridgehead atoms. The highest BCUT2D eigenvalue weighted by atomic mass is 35.5. The Labute approximate surface area is 144 Å². The average molecular weight is 362 g/mol. The summed E-state index contributed by atoms with van der Waals surface area (Å²) in [6.07, 6.45) is -0.483. The SMILES string of the molecule is Cl.FC(F)(F)c1cccc(-c2noc(CCC3CCNCC3)n2)c1. The van der Waals surface area contributed by atoms with Crippen LogP contribution in [0.1, 0.15) is 30.7 Å². The first-order chi connectivity index (χ1) is 11.0. The number of aryl methyl sites for hydroxylation is 1. The molecule has 1 aromatic carbocycles. The van der Waals surface area contributed by atoms with Gasteiger partial charge in [0.2, 0.25) is 11.7 Å². The van der Waals surface area contributed by atoms with Crippen molar-refractivity contribution in [1.29, 1.82) is 0 Å². The largest absolute Gasteiger partial charge is 0.416 e. The minimum Gasteiger partial charge on any atom is -0.339 e. The monoisotopic (exact) mass is 361 g/mol. The summed E-state index contributed by atoms with van der Waals surface area (Å²) in [5, 5.41) is 7.12. The second-order valence-corrected chi connectivity index (χ2v) is 5.82. The lowest BCUT2D eigenvalue weighted by atomic mass is 9.93. The first-order valence-electron chi connectivity index (χ1n) is 7.73. The third kappa shape index (κ3) is 4.70. The Morgan fingerprint density at radius 3 is 2.67 bits per heavy atom. The van der Waals surface area contributed by atoms with Crippen LogP contribution in [-0.4, -0.2) is 23.2 Å². The van der Waals surface area contributed by atoms with Gasteiger partial charge in [-0.15, -0.1) is 12.4 Å². The molecule has 1 aliphatic heterocycles. The van der Waals surface area contributed by atoms with Gasteiger partial charge in [-0.25, -0.2) is 0 Å². The fourth-order valence-electron chi connectivity index (χ4n) is 2.81. The van der Waals surface area contributed by atoms with E-state index in [4.69, 9.17) is 4.52 Å². The number of rotatable bonds is 4. The molecule has 4 nitrogen and oxygen atoms in total. The molecule has 0 unspecified atom stereocenters. The zero-order chi connectivity index (χ0) is 16.3. The van der Waals surface area contributed by atoms with E-state index >= 15 is 0 Å². The van der Waals surface area contributed by atoms with Gasteiger partial charge < -0.3 is 9.84 Å². The maximum absolute atomic E-state index is 12.7. The maximum Gasteiger partial charge on any atom is 0.416 e. The van der Waals surface area contributed by atoms with Crippen LogP contribution in [0.3, 0.4) is 0 Å². The van der Waals surface area contributed by atoms with Crippen molar-refractivity contribution in [3.63, 3.8) is 0 Å². The lowest BCUT2D eigenvalue weighted by Crippen LogP contribution is -2.27. The lowest BCUT2D eigenvalue weighted by molar-refractivity contribution is -0.137. The average Bonchev–Trinajstić information content (AvgIpc) is 3.02. The van der Waals surface area contributed by atoms with E-state index in [-0.39, 0.29) is 18.2 Å². The molecule has 2 heterocycles. The molecular formula is C16H19ClF3N3O. The van der Waals surface area contributed by atoms with Crippen LogP contribution in [0.4, 0.5) is 13.2 Å². The van der Waals surface area contributed by atoms with Crippen molar-refractivity contribution >= 4 is 12.4 Å². The topological polar surface area (TPSA) is 51.0 Å². The van der Waals surface area contributed by atoms with Crippen LogP contribution in [0, 0.1) is 5.92 Å². The molecule has 0 saturated carbocycles. The highest BCUT2D eigenvalue weighted by Gasteiger charge is 2.30. The number of alkyl halides is 3. The van der Waals surface area contributed by atoms with Gasteiger partial charge in [-0.05, 0) is 50.4 Å². The molecule has 2 aromatic rings. The highest BCUT2D eigenvalue weighted by Crippen LogP contribution is 2.31. The standard InChI is InChI=1S/C16H18F3N3O.ClH/c17-16(18,19)13-3-1-2-12(10-13)15-21-14(23-22-15)5-4-11-6-8-20-9-7-11;/h1-3,10-11,20H,4-9H2;1H. The molecule has 1 aromatic heterocycles. The van der Waals surface area contributed by atoms with Gasteiger partial charge in [0.05, 0.1) is 5.56 Å². The molecule has 24 heavy (non-hydrogen) atoms. The first-order valence-corrected chi connectivity index (χ1v) is 7.73. The highest BCUT2D eigenvalue weighted by molar-refractivity contribution is 5.85. The van der Waals surface area contributed by atoms with Crippen LogP contribution < -0.4 is 5.32 Å². The summed E-state index contributed by atoms with van der Waals surface area (Å²) in [6, 6.07) is 4.98. The van der Waals surface area contributed by atoms with Crippen LogP contribution in [0.5, 0.6) is 0 Å². The van der Waals surface area contributed by atoms with Gasteiger partial charge >= 0.3 is 6.18 Å². The van der Waals surface area contributed by atoms with Crippen LogP contribution in [0.25, 0.3) is 11.4 Å². The number of nitrogens with zero attached hydrogens (tertiary/aromatic N) is 2. The quantitative estimate of drug-likeness (QED) is 0.890. The summed E-state index contributed by atoms with van der Waals surface area (Å²) in [7, 11) is 0. The molecule has 1 saturated heterocycles. The summed E-state index contributed by atoms with van der Waals surface area (Å²) in [6.45, 7) is 2.06. The summed E-state index contributed by atoms with van der Waals surface area (Å²) < 4.78 is 43.4. The fraction of sp³-hybridized carbons (Fsp3) is 0.500. The smallest absolute Gasteiger partial charge is 0.339 e. The minimum atomic E-state index is -4.38. The van der Waals surface area contributed by atoms with Gasteiger partial charge in [0.25, 0.3) is 0 Å². The van der Waals surface area contributed by atoms with E-state index in [1.165, 1.54) is 6.07 Å². The number of hydrogen-bond acceptors (Lipinski definition) is 4. The molecule has 0 radical (unpaired) electrons. The Kier molecular flexibility index (Phi) is 6.23. The number of halogens is 4. The second-order valence-electron chi connectivity index (χ2n) is 5.82. The fourth-order valence-corrected chi connectivity index (χ4v) is 2.81. The molecule has 132 valence electrons. The molecule has 3 rings (SSSR count). The van der Waals surface area contributed by atoms with E-state index in [1.54, 1.807) is 6.07 Å². The normalized spacial score (nSPS) is 16.0. The Hall–Kier alpha value is -1.60. The molecule has 0 amide bonds. The van der Waals surface area contributed by atoms with Crippen molar-refractivity contribution in [1.82, 2.24) is 15.5 Å². The zero-order valence-corrected chi connectivity index (χ0v) is 13.8. The second kappa shape index (κ2) is 7.98. The Morgan fingerprint density at radius 2 is 1.96 bits per heavy atom. The summed E-state index contributed by atoms with van der Waals surface area (Å²) >= 11 is 0. The lowest BCUT2D eigenvalue weighted by Gasteiger charge is -2.21. The molecular weight excluding hydrogens is 343 g/mol. The number of hydrogen-bond donors (Lipinski definition) is 1. The third-order valence-corrected chi connectivity index (χ3v) is 4.14. The van der Waals surface area contributed by atoms with E-state index < -0.39 is 11.7 Å². The summed E-state index contributed by atoms with van der Waals surface area (Å²) in [4.78, 5) is 4.23. The van der Waals surface area contributed by atoms with E-state index in [2.05, 4.69) is 15.5 Å². The Bertz CT molecular complexity index is 654.